The zero-order chi connectivity index (χ0) is 15.2. The lowest BCUT2D eigenvalue weighted by Gasteiger charge is -2.17. The van der Waals surface area contributed by atoms with Gasteiger partial charge in [0.15, 0.2) is 0 Å². The summed E-state index contributed by atoms with van der Waals surface area (Å²) in [5.41, 5.74) is 6.83. The maximum absolute atomic E-state index is 12.3. The van der Waals surface area contributed by atoms with Gasteiger partial charge in [0.05, 0.1) is 10.9 Å². The number of carbonyl (C=O) groups is 1. The second-order valence-electron chi connectivity index (χ2n) is 5.81. The summed E-state index contributed by atoms with van der Waals surface area (Å²) >= 11 is 5.07. The van der Waals surface area contributed by atoms with E-state index in [0.29, 0.717) is 18.9 Å². The second kappa shape index (κ2) is 7.52. The molecule has 0 aliphatic carbocycles. The summed E-state index contributed by atoms with van der Waals surface area (Å²) in [6.45, 7) is 2.84. The first-order valence-corrected chi connectivity index (χ1v) is 7.76. The molecule has 1 aliphatic heterocycles. The lowest BCUT2D eigenvalue weighted by Crippen LogP contribution is -2.41. The van der Waals surface area contributed by atoms with Crippen molar-refractivity contribution in [1.29, 1.82) is 0 Å². The number of amides is 1. The molecule has 2 atom stereocenters. The number of rotatable bonds is 6. The van der Waals surface area contributed by atoms with E-state index in [1.165, 1.54) is 0 Å². The van der Waals surface area contributed by atoms with Gasteiger partial charge in [0.25, 0.3) is 0 Å². The minimum Gasteiger partial charge on any atom is -0.393 e. The van der Waals surface area contributed by atoms with Gasteiger partial charge in [0.2, 0.25) is 5.91 Å². The first-order valence-electron chi connectivity index (χ1n) is 7.35. The monoisotopic (exact) mass is 305 g/mol. The van der Waals surface area contributed by atoms with Crippen LogP contribution in [0.15, 0.2) is 30.3 Å². The lowest BCUT2D eigenvalue weighted by molar-refractivity contribution is -0.123. The van der Waals surface area contributed by atoms with Gasteiger partial charge in [-0.05, 0) is 37.9 Å². The second-order valence-corrected chi connectivity index (χ2v) is 6.28. The molecule has 2 unspecified atom stereocenters. The Kier molecular flexibility index (Phi) is 5.70. The van der Waals surface area contributed by atoms with Crippen molar-refractivity contribution in [3.05, 3.63) is 35.9 Å². The summed E-state index contributed by atoms with van der Waals surface area (Å²) in [6, 6.07) is 9.85. The van der Waals surface area contributed by atoms with Gasteiger partial charge in [-0.3, -0.25) is 4.79 Å². The predicted molar refractivity (Wildman–Crippen MR) is 89.0 cm³/mol. The van der Waals surface area contributed by atoms with Crippen molar-refractivity contribution in [2.75, 3.05) is 26.7 Å². The summed E-state index contributed by atoms with van der Waals surface area (Å²) in [5.74, 6) is 0.0464. The van der Waals surface area contributed by atoms with Crippen LogP contribution in [0.3, 0.4) is 0 Å². The van der Waals surface area contributed by atoms with E-state index in [9.17, 15) is 4.79 Å². The topological polar surface area (TPSA) is 58.4 Å². The Balaban J connectivity index is 1.88. The molecule has 0 bridgehead atoms. The number of carbonyl (C=O) groups excluding carboxylic acids is 1. The van der Waals surface area contributed by atoms with Crippen LogP contribution in [0.5, 0.6) is 0 Å². The molecular formula is C16H23N3OS. The molecule has 21 heavy (non-hydrogen) atoms. The van der Waals surface area contributed by atoms with Gasteiger partial charge in [0.1, 0.15) is 0 Å². The number of nitrogens with one attached hydrogen (secondary N) is 1. The maximum Gasteiger partial charge on any atom is 0.230 e. The van der Waals surface area contributed by atoms with Gasteiger partial charge in [-0.1, -0.05) is 42.5 Å². The highest BCUT2D eigenvalue weighted by molar-refractivity contribution is 7.80. The third kappa shape index (κ3) is 4.79. The van der Waals surface area contributed by atoms with Gasteiger partial charge >= 0.3 is 0 Å². The highest BCUT2D eigenvalue weighted by Crippen LogP contribution is 2.14. The predicted octanol–water partition coefficient (Wildman–Crippen LogP) is 1.20. The van der Waals surface area contributed by atoms with Crippen molar-refractivity contribution in [3.63, 3.8) is 0 Å². The summed E-state index contributed by atoms with van der Waals surface area (Å²) in [4.78, 5) is 14.9. The van der Waals surface area contributed by atoms with Gasteiger partial charge in [-0.15, -0.1) is 0 Å². The summed E-state index contributed by atoms with van der Waals surface area (Å²) in [6.07, 6.45) is 1.69. The van der Waals surface area contributed by atoms with Crippen molar-refractivity contribution in [3.8, 4) is 0 Å². The number of hydrogen-bond donors (Lipinski definition) is 2. The molecule has 1 heterocycles. The van der Waals surface area contributed by atoms with Crippen LogP contribution in [-0.2, 0) is 11.2 Å². The SMILES string of the molecule is CN1CCC(CNC(=O)C(Cc2ccccc2)C(N)=S)C1. The van der Waals surface area contributed by atoms with Crippen molar-refractivity contribution < 1.29 is 4.79 Å². The van der Waals surface area contributed by atoms with E-state index in [1.54, 1.807) is 0 Å². The number of likely N-dealkylation sites (tertiary alicyclic amines) is 1. The van der Waals surface area contributed by atoms with Crippen molar-refractivity contribution in [1.82, 2.24) is 10.2 Å². The van der Waals surface area contributed by atoms with Crippen LogP contribution in [0.25, 0.3) is 0 Å². The van der Waals surface area contributed by atoms with E-state index >= 15 is 0 Å². The Hall–Kier alpha value is -1.46. The molecule has 2 rings (SSSR count). The number of benzene rings is 1. The molecule has 5 heteroatoms. The molecule has 1 fully saturated rings. The molecule has 0 radical (unpaired) electrons. The van der Waals surface area contributed by atoms with Gasteiger partial charge < -0.3 is 16.0 Å². The highest BCUT2D eigenvalue weighted by atomic mass is 32.1. The molecule has 3 N–H and O–H groups in total. The van der Waals surface area contributed by atoms with E-state index < -0.39 is 5.92 Å². The van der Waals surface area contributed by atoms with Gasteiger partial charge in [-0.25, -0.2) is 0 Å². The zero-order valence-electron chi connectivity index (χ0n) is 12.4. The molecule has 1 saturated heterocycles. The van der Waals surface area contributed by atoms with E-state index in [0.717, 1.165) is 25.1 Å². The van der Waals surface area contributed by atoms with Crippen LogP contribution in [0, 0.1) is 11.8 Å². The number of thiocarbonyl (C=S) groups is 1. The van der Waals surface area contributed by atoms with Crippen LogP contribution in [0.1, 0.15) is 12.0 Å². The first kappa shape index (κ1) is 15.9. The number of nitrogens with zero attached hydrogens (tertiary/aromatic N) is 1. The van der Waals surface area contributed by atoms with Crippen molar-refractivity contribution in [2.45, 2.75) is 12.8 Å². The minimum atomic E-state index is -0.429. The fraction of sp³-hybridized carbons (Fsp3) is 0.500. The normalized spacial score (nSPS) is 20.1. The Morgan fingerprint density at radius 1 is 1.48 bits per heavy atom. The van der Waals surface area contributed by atoms with E-state index in [2.05, 4.69) is 17.3 Å². The smallest absolute Gasteiger partial charge is 0.230 e. The first-order chi connectivity index (χ1) is 10.1. The quantitative estimate of drug-likeness (QED) is 0.776. The summed E-state index contributed by atoms with van der Waals surface area (Å²) in [7, 11) is 2.11. The standard InChI is InChI=1S/C16H23N3OS/c1-19-8-7-13(11-19)10-18-16(20)14(15(17)21)9-12-5-3-2-4-6-12/h2-6,13-14H,7-11H2,1H3,(H2,17,21)(H,18,20). The molecule has 0 aromatic heterocycles. The molecule has 1 amide bonds. The molecule has 114 valence electrons. The summed E-state index contributed by atoms with van der Waals surface area (Å²) in [5, 5.41) is 3.01. The molecule has 1 aromatic carbocycles. The maximum atomic E-state index is 12.3. The van der Waals surface area contributed by atoms with E-state index in [-0.39, 0.29) is 10.9 Å². The van der Waals surface area contributed by atoms with Crippen molar-refractivity contribution in [2.24, 2.45) is 17.6 Å². The van der Waals surface area contributed by atoms with Crippen LogP contribution >= 0.6 is 12.2 Å². The van der Waals surface area contributed by atoms with Crippen LogP contribution < -0.4 is 11.1 Å². The molecule has 4 nitrogen and oxygen atoms in total. The largest absolute Gasteiger partial charge is 0.393 e. The Labute approximate surface area is 131 Å². The molecular weight excluding hydrogens is 282 g/mol. The van der Waals surface area contributed by atoms with Crippen LogP contribution in [-0.4, -0.2) is 42.5 Å². The average molecular weight is 305 g/mol. The van der Waals surface area contributed by atoms with Crippen LogP contribution in [0.4, 0.5) is 0 Å². The minimum absolute atomic E-state index is 0.0547. The third-order valence-corrected chi connectivity index (χ3v) is 4.28. The Morgan fingerprint density at radius 2 is 2.19 bits per heavy atom. The Morgan fingerprint density at radius 3 is 2.76 bits per heavy atom. The molecule has 1 aliphatic rings. The summed E-state index contributed by atoms with van der Waals surface area (Å²) < 4.78 is 0. The molecule has 0 saturated carbocycles. The van der Waals surface area contributed by atoms with E-state index in [1.807, 2.05) is 30.3 Å². The van der Waals surface area contributed by atoms with E-state index in [4.69, 9.17) is 18.0 Å². The fourth-order valence-corrected chi connectivity index (χ4v) is 2.92. The third-order valence-electron chi connectivity index (χ3n) is 4.00. The highest BCUT2D eigenvalue weighted by Gasteiger charge is 2.24. The van der Waals surface area contributed by atoms with Crippen LogP contribution in [0.2, 0.25) is 0 Å². The fourth-order valence-electron chi connectivity index (χ4n) is 2.73. The van der Waals surface area contributed by atoms with Crippen molar-refractivity contribution >= 4 is 23.1 Å². The molecule has 0 spiro atoms. The zero-order valence-corrected chi connectivity index (χ0v) is 13.2. The molecule has 1 aromatic rings. The number of hydrogen-bond acceptors (Lipinski definition) is 3. The van der Waals surface area contributed by atoms with Gasteiger partial charge in [-0.2, -0.15) is 0 Å². The van der Waals surface area contributed by atoms with Gasteiger partial charge in [0, 0.05) is 13.1 Å². The number of nitrogens with two attached hydrogens (primary N) is 1. The Bertz CT molecular complexity index is 492. The lowest BCUT2D eigenvalue weighted by atomic mass is 9.98. The average Bonchev–Trinajstić information content (AvgIpc) is 2.89.